The van der Waals surface area contributed by atoms with E-state index >= 15 is 0 Å². The van der Waals surface area contributed by atoms with Gasteiger partial charge in [0.1, 0.15) is 0 Å². The molecule has 0 spiro atoms. The number of fused-ring (bicyclic) bond motifs is 3. The maximum atomic E-state index is 14.6. The second-order valence-electron chi connectivity index (χ2n) is 8.91. The molecule has 2 heterocycles. The van der Waals surface area contributed by atoms with Crippen LogP contribution in [0.5, 0.6) is 5.88 Å². The minimum atomic E-state index is -4.64. The van der Waals surface area contributed by atoms with Crippen molar-refractivity contribution < 1.29 is 57.8 Å². The molecule has 1 aromatic carbocycles. The Labute approximate surface area is 221 Å². The van der Waals surface area contributed by atoms with E-state index in [0.717, 1.165) is 30.3 Å². The Bertz CT molecular complexity index is 1330. The number of nitrogens with zero attached hydrogens (tertiary/aromatic N) is 1. The summed E-state index contributed by atoms with van der Waals surface area (Å²) in [5.74, 6) is 0.122. The van der Waals surface area contributed by atoms with Gasteiger partial charge in [0.25, 0.3) is 0 Å². The van der Waals surface area contributed by atoms with Gasteiger partial charge in [0.05, 0.1) is 7.11 Å². The number of pyridine rings is 1. The molecule has 2 saturated carbocycles. The molecule has 1 aromatic heterocycles. The van der Waals surface area contributed by atoms with Crippen molar-refractivity contribution in [3.63, 3.8) is 0 Å². The molecule has 10 heteroatoms. The molecule has 2 fully saturated rings. The number of hydrogen-bond donors (Lipinski definition) is 0. The second kappa shape index (κ2) is 10.1. The molecular weight excluding hydrogens is 605 g/mol. The average molecular weight is 628 g/mol. The fourth-order valence-corrected chi connectivity index (χ4v) is 7.04. The third-order valence-corrected chi connectivity index (χ3v) is 8.73. The first-order valence-electron chi connectivity index (χ1n) is 11.6. The van der Waals surface area contributed by atoms with Gasteiger partial charge in [-0.15, -0.1) is 0 Å². The first kappa shape index (κ1) is 25.7. The molecule has 0 N–H and O–H groups in total. The summed E-state index contributed by atoms with van der Waals surface area (Å²) in [6, 6.07) is 4.60. The molecule has 0 bridgehead atoms. The number of aromatic nitrogens is 1. The molecule has 0 radical (unpaired) electrons. The topological polar surface area (TPSA) is 57.7 Å². The molecule has 0 saturated heterocycles. The van der Waals surface area contributed by atoms with Crippen molar-refractivity contribution in [2.24, 2.45) is 17.8 Å². The summed E-state index contributed by atoms with van der Waals surface area (Å²) in [4.78, 5) is 16.1. The van der Waals surface area contributed by atoms with Crippen LogP contribution in [0.3, 0.4) is 0 Å². The molecule has 196 valence electrons. The molecule has 0 amide bonds. The van der Waals surface area contributed by atoms with Crippen molar-refractivity contribution in [3.05, 3.63) is 78.6 Å². The Morgan fingerprint density at radius 2 is 2.03 bits per heavy atom. The van der Waals surface area contributed by atoms with Crippen LogP contribution in [0.15, 0.2) is 61.6 Å². The van der Waals surface area contributed by atoms with Crippen LogP contribution in [0.4, 0.5) is 17.6 Å². The number of hydrogen-bond acceptors (Lipinski definition) is 5. The van der Waals surface area contributed by atoms with Gasteiger partial charge in [0.15, 0.2) is 0 Å². The van der Waals surface area contributed by atoms with Crippen LogP contribution >= 0.6 is 0 Å². The molecule has 5 nitrogen and oxygen atoms in total. The molecule has 3 atom stereocenters. The summed E-state index contributed by atoms with van der Waals surface area (Å²) in [7, 11) is 1.24. The average Bonchev–Trinajstić information content (AvgIpc) is 3.53. The Morgan fingerprint density at radius 1 is 1.22 bits per heavy atom. The van der Waals surface area contributed by atoms with E-state index in [9.17, 15) is 22.4 Å². The molecule has 1 aliphatic heterocycles. The van der Waals surface area contributed by atoms with Gasteiger partial charge in [-0.05, 0) is 0 Å². The zero-order valence-electron chi connectivity index (χ0n) is 19.9. The third-order valence-electron chi connectivity index (χ3n) is 6.72. The van der Waals surface area contributed by atoms with Crippen molar-refractivity contribution in [1.29, 1.82) is 0 Å². The molecule has 2 aromatic rings. The van der Waals surface area contributed by atoms with Crippen LogP contribution in [0.1, 0.15) is 24.5 Å². The van der Waals surface area contributed by atoms with Crippen LogP contribution in [0.2, 0.25) is 0 Å². The molecule has 3 aliphatic rings. The van der Waals surface area contributed by atoms with Gasteiger partial charge in [-0.3, -0.25) is 0 Å². The summed E-state index contributed by atoms with van der Waals surface area (Å²) >= 11 is -0.483. The number of carbonyl (C=O) groups excluding carboxylic acids is 1. The Morgan fingerprint density at radius 3 is 2.76 bits per heavy atom. The van der Waals surface area contributed by atoms with Gasteiger partial charge in [-0.1, -0.05) is 0 Å². The SMILES string of the molecule is CCOC(=O)[C@H]1[C@@H]2CC3=CC(OCc4cc(-c5cnc(OC)cc5C(F)(F)F)ccc4F)=C[I-]C=C3[C@@H]21. The Balaban J connectivity index is 1.32. The number of allylic oxidation sites excluding steroid dienone is 3. The number of esters is 1. The number of halogens is 5. The fourth-order valence-electron chi connectivity index (χ4n) is 4.95. The van der Waals surface area contributed by atoms with E-state index < -0.39 is 38.8 Å². The number of methoxy groups -OCH3 is 1. The summed E-state index contributed by atoms with van der Waals surface area (Å²) in [6.07, 6.45) is -0.871. The van der Waals surface area contributed by atoms with Crippen LogP contribution < -0.4 is 25.9 Å². The van der Waals surface area contributed by atoms with Crippen LogP contribution in [0.25, 0.3) is 11.1 Å². The summed E-state index contributed by atoms with van der Waals surface area (Å²) in [5.41, 5.74) is 1.52. The summed E-state index contributed by atoms with van der Waals surface area (Å²) < 4.78 is 75.8. The first-order chi connectivity index (χ1) is 17.7. The van der Waals surface area contributed by atoms with E-state index in [4.69, 9.17) is 14.2 Å². The van der Waals surface area contributed by atoms with Gasteiger partial charge >= 0.3 is 215 Å². The Kier molecular flexibility index (Phi) is 7.03. The van der Waals surface area contributed by atoms with E-state index in [2.05, 4.69) is 9.07 Å². The second-order valence-corrected chi connectivity index (χ2v) is 10.9. The molecule has 2 aliphatic carbocycles. The number of rotatable bonds is 7. The van der Waals surface area contributed by atoms with E-state index in [1.165, 1.54) is 24.8 Å². The van der Waals surface area contributed by atoms with E-state index in [-0.39, 0.29) is 52.9 Å². The normalized spacial score (nSPS) is 22.3. The minimum absolute atomic E-state index is 0.0688. The molecule has 0 unspecified atom stereocenters. The molecular formula is C27H23F4INO4-. The number of benzene rings is 1. The summed E-state index contributed by atoms with van der Waals surface area (Å²) in [5, 5.41) is 0. The third kappa shape index (κ3) is 5.12. The number of alkyl halides is 3. The van der Waals surface area contributed by atoms with Gasteiger partial charge in [-0.2, -0.15) is 0 Å². The van der Waals surface area contributed by atoms with Crippen molar-refractivity contribution in [3.8, 4) is 17.0 Å². The number of ether oxygens (including phenoxy) is 3. The van der Waals surface area contributed by atoms with E-state index in [1.54, 1.807) is 6.92 Å². The molecule has 5 rings (SSSR count). The monoisotopic (exact) mass is 628 g/mol. The zero-order chi connectivity index (χ0) is 26.3. The predicted octanol–water partition coefficient (Wildman–Crippen LogP) is 3.02. The van der Waals surface area contributed by atoms with E-state index in [0.29, 0.717) is 12.4 Å². The Hall–Kier alpha value is -2.89. The van der Waals surface area contributed by atoms with Gasteiger partial charge in [0, 0.05) is 0 Å². The quantitative estimate of drug-likeness (QED) is 0.268. The first-order valence-corrected chi connectivity index (χ1v) is 14.1. The van der Waals surface area contributed by atoms with Crippen molar-refractivity contribution in [1.82, 2.24) is 4.98 Å². The van der Waals surface area contributed by atoms with Gasteiger partial charge in [0.2, 0.25) is 0 Å². The van der Waals surface area contributed by atoms with E-state index in [1.807, 2.05) is 10.2 Å². The van der Waals surface area contributed by atoms with Crippen molar-refractivity contribution in [2.45, 2.75) is 26.1 Å². The zero-order valence-corrected chi connectivity index (χ0v) is 22.1. The standard InChI is InChI=1S/C27H23F4INO4/c1-3-36-26(34)25-18-8-15-7-17(10-32-11-19(15)24(18)25)37-13-16-6-14(4-5-22(16)28)20-12-33-23(35-2)9-21(20)27(29,30)31/h4-7,9-12,18,24-25H,3,8,13H2,1-2H3/q-1/t18-,24-,25+/m1/s1. The maximum absolute atomic E-state index is 14.6. The molecule has 37 heavy (non-hydrogen) atoms. The van der Waals surface area contributed by atoms with Crippen LogP contribution in [-0.4, -0.2) is 24.7 Å². The van der Waals surface area contributed by atoms with Gasteiger partial charge < -0.3 is 0 Å². The van der Waals surface area contributed by atoms with Crippen LogP contribution in [0, 0.1) is 23.6 Å². The van der Waals surface area contributed by atoms with Crippen molar-refractivity contribution in [2.75, 3.05) is 13.7 Å². The van der Waals surface area contributed by atoms with Crippen LogP contribution in [-0.2, 0) is 27.1 Å². The number of carbonyl (C=O) groups is 1. The predicted molar refractivity (Wildman–Crippen MR) is 122 cm³/mol. The van der Waals surface area contributed by atoms with Gasteiger partial charge in [-0.25, -0.2) is 0 Å². The van der Waals surface area contributed by atoms with Crippen molar-refractivity contribution >= 4 is 5.97 Å². The fraction of sp³-hybridized carbons (Fsp3) is 0.333. The summed E-state index contributed by atoms with van der Waals surface area (Å²) in [6.45, 7) is 2.03.